The van der Waals surface area contributed by atoms with Gasteiger partial charge in [-0.3, -0.25) is 0 Å². The van der Waals surface area contributed by atoms with Crippen molar-refractivity contribution in [2.24, 2.45) is 0 Å². The minimum Gasteiger partial charge on any atom is -0.342 e. The Morgan fingerprint density at radius 1 is 0.818 bits per heavy atom. The second kappa shape index (κ2) is 5.56. The first-order chi connectivity index (χ1) is 10.9. The van der Waals surface area contributed by atoms with Gasteiger partial charge in [-0.1, -0.05) is 30.3 Å². The van der Waals surface area contributed by atoms with Crippen LogP contribution in [0, 0.1) is 0 Å². The van der Waals surface area contributed by atoms with Gasteiger partial charge in [0.25, 0.3) is 0 Å². The van der Waals surface area contributed by atoms with E-state index in [0.29, 0.717) is 0 Å². The summed E-state index contributed by atoms with van der Waals surface area (Å²) in [6.45, 7) is 0. The Labute approximate surface area is 128 Å². The summed E-state index contributed by atoms with van der Waals surface area (Å²) in [5.41, 5.74) is 3.13. The van der Waals surface area contributed by atoms with Gasteiger partial charge in [-0.2, -0.15) is 0 Å². The van der Waals surface area contributed by atoms with Crippen LogP contribution in [0.2, 0.25) is 0 Å². The number of para-hydroxylation sites is 3. The van der Waals surface area contributed by atoms with Gasteiger partial charge in [0.2, 0.25) is 0 Å². The largest absolute Gasteiger partial charge is 0.342 e. The number of nitrogens with one attached hydrogen (secondary N) is 1. The molecular formula is C18H16N4. The molecule has 108 valence electrons. The van der Waals surface area contributed by atoms with Crippen molar-refractivity contribution >= 4 is 21.9 Å². The van der Waals surface area contributed by atoms with Crippen molar-refractivity contribution in [2.75, 3.05) is 0 Å². The zero-order chi connectivity index (χ0) is 14.8. The van der Waals surface area contributed by atoms with Crippen LogP contribution in [0.1, 0.15) is 18.1 Å². The maximum atomic E-state index is 4.61. The SMILES string of the molecule is c1ccc2nc(CCCc3nc4ccccc4[nH]3)ncc2c1. The van der Waals surface area contributed by atoms with Crippen LogP contribution in [0.25, 0.3) is 21.9 Å². The lowest BCUT2D eigenvalue weighted by Gasteiger charge is -2.01. The van der Waals surface area contributed by atoms with Crippen molar-refractivity contribution in [3.8, 4) is 0 Å². The van der Waals surface area contributed by atoms with Crippen LogP contribution in [-0.2, 0) is 12.8 Å². The molecule has 4 heteroatoms. The molecule has 0 amide bonds. The molecule has 0 aliphatic rings. The van der Waals surface area contributed by atoms with Crippen LogP contribution in [0.4, 0.5) is 0 Å². The minimum atomic E-state index is 0.863. The molecule has 2 heterocycles. The molecule has 0 saturated heterocycles. The minimum absolute atomic E-state index is 0.863. The molecule has 0 saturated carbocycles. The van der Waals surface area contributed by atoms with Crippen molar-refractivity contribution in [3.63, 3.8) is 0 Å². The van der Waals surface area contributed by atoms with Crippen molar-refractivity contribution < 1.29 is 0 Å². The number of imidazole rings is 1. The van der Waals surface area contributed by atoms with Crippen LogP contribution in [0.5, 0.6) is 0 Å². The van der Waals surface area contributed by atoms with Gasteiger partial charge in [0.15, 0.2) is 0 Å². The molecule has 4 rings (SSSR count). The molecule has 0 spiro atoms. The molecule has 1 N–H and O–H groups in total. The number of H-pyrrole nitrogens is 1. The average molecular weight is 288 g/mol. The fraction of sp³-hybridized carbons (Fsp3) is 0.167. The first-order valence-electron chi connectivity index (χ1n) is 7.53. The van der Waals surface area contributed by atoms with Crippen LogP contribution in [-0.4, -0.2) is 19.9 Å². The van der Waals surface area contributed by atoms with Gasteiger partial charge in [0.1, 0.15) is 11.6 Å². The highest BCUT2D eigenvalue weighted by atomic mass is 14.9. The topological polar surface area (TPSA) is 54.5 Å². The standard InChI is InChI=1S/C18H16N4/c1-2-7-14-13(6-1)12-19-17(20-14)10-5-11-18-21-15-8-3-4-9-16(15)22-18/h1-4,6-9,12H,5,10-11H2,(H,21,22). The zero-order valence-corrected chi connectivity index (χ0v) is 12.2. The number of aromatic amines is 1. The summed E-state index contributed by atoms with van der Waals surface area (Å²) in [7, 11) is 0. The molecule has 2 aromatic heterocycles. The average Bonchev–Trinajstić information content (AvgIpc) is 2.97. The fourth-order valence-electron chi connectivity index (χ4n) is 2.67. The fourth-order valence-corrected chi connectivity index (χ4v) is 2.67. The lowest BCUT2D eigenvalue weighted by atomic mass is 10.2. The summed E-state index contributed by atoms with van der Waals surface area (Å²) < 4.78 is 0. The lowest BCUT2D eigenvalue weighted by Crippen LogP contribution is -1.97. The molecule has 0 bridgehead atoms. The van der Waals surface area contributed by atoms with Crippen LogP contribution < -0.4 is 0 Å². The Morgan fingerprint density at radius 2 is 1.64 bits per heavy atom. The van der Waals surface area contributed by atoms with E-state index >= 15 is 0 Å². The van der Waals surface area contributed by atoms with E-state index in [-0.39, 0.29) is 0 Å². The third-order valence-corrected chi connectivity index (χ3v) is 3.79. The van der Waals surface area contributed by atoms with Gasteiger partial charge in [0.05, 0.1) is 16.6 Å². The third-order valence-electron chi connectivity index (χ3n) is 3.79. The molecule has 0 atom stereocenters. The summed E-state index contributed by atoms with van der Waals surface area (Å²) in [4.78, 5) is 17.0. The third kappa shape index (κ3) is 2.55. The van der Waals surface area contributed by atoms with E-state index in [1.165, 1.54) is 0 Å². The molecule has 0 aliphatic heterocycles. The molecule has 2 aromatic carbocycles. The number of benzene rings is 2. The van der Waals surface area contributed by atoms with Crippen molar-refractivity contribution in [1.82, 2.24) is 19.9 Å². The van der Waals surface area contributed by atoms with E-state index in [9.17, 15) is 0 Å². The molecule has 0 unspecified atom stereocenters. The molecule has 0 aliphatic carbocycles. The van der Waals surface area contributed by atoms with E-state index in [2.05, 4.69) is 26.0 Å². The molecular weight excluding hydrogens is 272 g/mol. The highest BCUT2D eigenvalue weighted by Gasteiger charge is 2.04. The maximum Gasteiger partial charge on any atom is 0.128 e. The van der Waals surface area contributed by atoms with Gasteiger partial charge < -0.3 is 4.98 Å². The Balaban J connectivity index is 1.45. The highest BCUT2D eigenvalue weighted by molar-refractivity contribution is 5.77. The number of aromatic nitrogens is 4. The summed E-state index contributed by atoms with van der Waals surface area (Å²) in [6, 6.07) is 16.2. The van der Waals surface area contributed by atoms with E-state index in [1.807, 2.05) is 48.7 Å². The number of nitrogens with zero attached hydrogens (tertiary/aromatic N) is 3. The Bertz CT molecular complexity index is 893. The Morgan fingerprint density at radius 3 is 2.55 bits per heavy atom. The summed E-state index contributed by atoms with van der Waals surface area (Å²) in [6.07, 6.45) is 4.66. The molecule has 0 fully saturated rings. The molecule has 4 aromatic rings. The number of hydrogen-bond donors (Lipinski definition) is 1. The second-order valence-electron chi connectivity index (χ2n) is 5.40. The van der Waals surface area contributed by atoms with Gasteiger partial charge in [0, 0.05) is 24.4 Å². The predicted molar refractivity (Wildman–Crippen MR) is 87.7 cm³/mol. The van der Waals surface area contributed by atoms with Crippen molar-refractivity contribution in [2.45, 2.75) is 19.3 Å². The Hall–Kier alpha value is -2.75. The van der Waals surface area contributed by atoms with E-state index in [1.54, 1.807) is 0 Å². The first-order valence-corrected chi connectivity index (χ1v) is 7.53. The molecule has 22 heavy (non-hydrogen) atoms. The summed E-state index contributed by atoms with van der Waals surface area (Å²) >= 11 is 0. The van der Waals surface area contributed by atoms with Gasteiger partial charge >= 0.3 is 0 Å². The van der Waals surface area contributed by atoms with Gasteiger partial charge in [-0.15, -0.1) is 0 Å². The van der Waals surface area contributed by atoms with Gasteiger partial charge in [-0.05, 0) is 24.6 Å². The molecule has 0 radical (unpaired) electrons. The normalized spacial score (nSPS) is 11.3. The smallest absolute Gasteiger partial charge is 0.128 e. The maximum absolute atomic E-state index is 4.61. The van der Waals surface area contributed by atoms with E-state index < -0.39 is 0 Å². The first kappa shape index (κ1) is 13.0. The van der Waals surface area contributed by atoms with Crippen molar-refractivity contribution in [1.29, 1.82) is 0 Å². The van der Waals surface area contributed by atoms with E-state index in [4.69, 9.17) is 0 Å². The van der Waals surface area contributed by atoms with E-state index in [0.717, 1.165) is 52.8 Å². The van der Waals surface area contributed by atoms with Crippen LogP contribution in [0.3, 0.4) is 0 Å². The second-order valence-corrected chi connectivity index (χ2v) is 5.40. The zero-order valence-electron chi connectivity index (χ0n) is 12.2. The lowest BCUT2D eigenvalue weighted by molar-refractivity contribution is 0.752. The number of aryl methyl sites for hydroxylation is 2. The number of hydrogen-bond acceptors (Lipinski definition) is 3. The Kier molecular flexibility index (Phi) is 3.27. The van der Waals surface area contributed by atoms with Gasteiger partial charge in [-0.25, -0.2) is 15.0 Å². The van der Waals surface area contributed by atoms with Crippen molar-refractivity contribution in [3.05, 3.63) is 66.4 Å². The predicted octanol–water partition coefficient (Wildman–Crippen LogP) is 3.68. The summed E-state index contributed by atoms with van der Waals surface area (Å²) in [5.74, 6) is 1.93. The molecule has 4 nitrogen and oxygen atoms in total. The van der Waals surface area contributed by atoms with Crippen LogP contribution in [0.15, 0.2) is 54.7 Å². The van der Waals surface area contributed by atoms with Crippen LogP contribution >= 0.6 is 0 Å². The number of fused-ring (bicyclic) bond motifs is 2. The number of rotatable bonds is 4. The quantitative estimate of drug-likeness (QED) is 0.623. The monoisotopic (exact) mass is 288 g/mol. The highest BCUT2D eigenvalue weighted by Crippen LogP contribution is 2.13. The summed E-state index contributed by atoms with van der Waals surface area (Å²) in [5, 5.41) is 1.09.